The minimum Gasteiger partial charge on any atom is -0.346 e. The van der Waals surface area contributed by atoms with Crippen LogP contribution in [0.15, 0.2) is 29.2 Å². The Morgan fingerprint density at radius 1 is 1.23 bits per heavy atom. The SMILES string of the molecule is CN(C1CCCCC1)S(=O)(=O)c1ccc(C(=O)NCC(F)(F)CN)cc1. The van der Waals surface area contributed by atoms with E-state index in [4.69, 9.17) is 5.73 Å². The largest absolute Gasteiger partial charge is 0.346 e. The number of rotatable bonds is 7. The van der Waals surface area contributed by atoms with Crippen LogP contribution in [-0.2, 0) is 10.0 Å². The van der Waals surface area contributed by atoms with Gasteiger partial charge in [-0.15, -0.1) is 0 Å². The standard InChI is InChI=1S/C17H25F2N3O3S/c1-22(14-5-3-2-4-6-14)26(24,25)15-9-7-13(8-10-15)16(23)21-12-17(18,19)11-20/h7-10,14H,2-6,11-12,20H2,1H3,(H,21,23). The van der Waals surface area contributed by atoms with Gasteiger partial charge in [-0.25, -0.2) is 17.2 Å². The summed E-state index contributed by atoms with van der Waals surface area (Å²) in [4.78, 5) is 12.0. The fourth-order valence-electron chi connectivity index (χ4n) is 2.97. The Hall–Kier alpha value is -1.58. The summed E-state index contributed by atoms with van der Waals surface area (Å²) in [6, 6.07) is 5.26. The molecular formula is C17H25F2N3O3S. The number of alkyl halides is 2. The van der Waals surface area contributed by atoms with Gasteiger partial charge in [0.1, 0.15) is 0 Å². The number of benzene rings is 1. The van der Waals surface area contributed by atoms with E-state index >= 15 is 0 Å². The zero-order valence-electron chi connectivity index (χ0n) is 14.7. The van der Waals surface area contributed by atoms with Gasteiger partial charge in [-0.3, -0.25) is 4.79 Å². The number of carbonyl (C=O) groups is 1. The van der Waals surface area contributed by atoms with E-state index in [1.165, 1.54) is 28.6 Å². The van der Waals surface area contributed by atoms with Crippen molar-refractivity contribution in [1.82, 2.24) is 9.62 Å². The van der Waals surface area contributed by atoms with Gasteiger partial charge in [-0.1, -0.05) is 19.3 Å². The predicted octanol–water partition coefficient (Wildman–Crippen LogP) is 1.96. The first-order valence-corrected chi connectivity index (χ1v) is 10.1. The molecule has 2 rings (SSSR count). The second kappa shape index (κ2) is 8.41. The highest BCUT2D eigenvalue weighted by atomic mass is 32.2. The smallest absolute Gasteiger partial charge is 0.277 e. The van der Waals surface area contributed by atoms with E-state index in [0.717, 1.165) is 32.1 Å². The average Bonchev–Trinajstić information content (AvgIpc) is 2.66. The monoisotopic (exact) mass is 389 g/mol. The maximum Gasteiger partial charge on any atom is 0.277 e. The van der Waals surface area contributed by atoms with E-state index in [1.54, 1.807) is 7.05 Å². The average molecular weight is 389 g/mol. The number of hydrogen-bond acceptors (Lipinski definition) is 4. The molecule has 0 unspecified atom stereocenters. The molecule has 1 aromatic carbocycles. The molecule has 3 N–H and O–H groups in total. The lowest BCUT2D eigenvalue weighted by molar-refractivity contribution is 0.0118. The van der Waals surface area contributed by atoms with E-state index in [2.05, 4.69) is 5.32 Å². The molecule has 0 atom stereocenters. The highest BCUT2D eigenvalue weighted by Gasteiger charge is 2.30. The molecule has 1 fully saturated rings. The molecule has 0 aromatic heterocycles. The van der Waals surface area contributed by atoms with Crippen molar-refractivity contribution in [2.45, 2.75) is 49.0 Å². The Morgan fingerprint density at radius 3 is 2.35 bits per heavy atom. The molecule has 1 saturated carbocycles. The number of nitrogens with one attached hydrogen (secondary N) is 1. The predicted molar refractivity (Wildman–Crippen MR) is 94.6 cm³/mol. The lowest BCUT2D eigenvalue weighted by Crippen LogP contribution is -2.41. The lowest BCUT2D eigenvalue weighted by atomic mass is 9.96. The fourth-order valence-corrected chi connectivity index (χ4v) is 4.39. The zero-order valence-corrected chi connectivity index (χ0v) is 15.6. The molecule has 0 spiro atoms. The van der Waals surface area contributed by atoms with Gasteiger partial charge in [0.25, 0.3) is 11.8 Å². The zero-order chi connectivity index (χ0) is 19.4. The van der Waals surface area contributed by atoms with Crippen molar-refractivity contribution in [2.75, 3.05) is 20.1 Å². The van der Waals surface area contributed by atoms with Crippen LogP contribution in [0.1, 0.15) is 42.5 Å². The first-order valence-electron chi connectivity index (χ1n) is 8.61. The molecule has 1 aliphatic rings. The summed E-state index contributed by atoms with van der Waals surface area (Å²) in [6.07, 6.45) is 4.82. The van der Waals surface area contributed by atoms with Crippen molar-refractivity contribution in [3.8, 4) is 0 Å². The molecular weight excluding hydrogens is 364 g/mol. The van der Waals surface area contributed by atoms with E-state index in [0.29, 0.717) is 0 Å². The Kier molecular flexibility index (Phi) is 6.70. The van der Waals surface area contributed by atoms with Crippen LogP contribution in [0.25, 0.3) is 0 Å². The fraction of sp³-hybridized carbons (Fsp3) is 0.588. The number of amides is 1. The van der Waals surface area contributed by atoms with Crippen molar-refractivity contribution in [3.63, 3.8) is 0 Å². The molecule has 9 heteroatoms. The second-order valence-electron chi connectivity index (χ2n) is 6.58. The van der Waals surface area contributed by atoms with Gasteiger partial charge in [0.05, 0.1) is 18.0 Å². The van der Waals surface area contributed by atoms with Gasteiger partial charge in [-0.2, -0.15) is 4.31 Å². The van der Waals surface area contributed by atoms with Crippen molar-refractivity contribution in [1.29, 1.82) is 0 Å². The third-order valence-electron chi connectivity index (χ3n) is 4.69. The van der Waals surface area contributed by atoms with Crippen LogP contribution < -0.4 is 11.1 Å². The van der Waals surface area contributed by atoms with E-state index in [-0.39, 0.29) is 16.5 Å². The van der Waals surface area contributed by atoms with Crippen LogP contribution in [-0.4, -0.2) is 50.7 Å². The number of carbonyl (C=O) groups excluding carboxylic acids is 1. The van der Waals surface area contributed by atoms with Crippen LogP contribution in [0.5, 0.6) is 0 Å². The van der Waals surface area contributed by atoms with Crippen LogP contribution >= 0.6 is 0 Å². The summed E-state index contributed by atoms with van der Waals surface area (Å²) < 4.78 is 53.0. The Bertz CT molecular complexity index is 717. The minimum atomic E-state index is -3.66. The van der Waals surface area contributed by atoms with Crippen LogP contribution in [0.3, 0.4) is 0 Å². The van der Waals surface area contributed by atoms with Crippen molar-refractivity contribution < 1.29 is 22.0 Å². The molecule has 1 aliphatic carbocycles. The van der Waals surface area contributed by atoms with Crippen LogP contribution in [0, 0.1) is 0 Å². The molecule has 0 saturated heterocycles. The number of sulfonamides is 1. The molecule has 0 radical (unpaired) electrons. The molecule has 0 aliphatic heterocycles. The normalized spacial score (nSPS) is 16.7. The third-order valence-corrected chi connectivity index (χ3v) is 6.61. The van der Waals surface area contributed by atoms with Gasteiger partial charge in [0.2, 0.25) is 10.0 Å². The van der Waals surface area contributed by atoms with Crippen molar-refractivity contribution in [2.24, 2.45) is 5.73 Å². The highest BCUT2D eigenvalue weighted by Crippen LogP contribution is 2.26. The molecule has 6 nitrogen and oxygen atoms in total. The van der Waals surface area contributed by atoms with Gasteiger partial charge in [-0.05, 0) is 37.1 Å². The Balaban J connectivity index is 2.06. The lowest BCUT2D eigenvalue weighted by Gasteiger charge is -2.30. The summed E-state index contributed by atoms with van der Waals surface area (Å²) in [7, 11) is -2.09. The summed E-state index contributed by atoms with van der Waals surface area (Å²) >= 11 is 0. The Labute approximate surface area is 152 Å². The molecule has 26 heavy (non-hydrogen) atoms. The van der Waals surface area contributed by atoms with Crippen LogP contribution in [0.4, 0.5) is 8.78 Å². The maximum atomic E-state index is 13.1. The van der Waals surface area contributed by atoms with E-state index < -0.39 is 34.9 Å². The summed E-state index contributed by atoms with van der Waals surface area (Å²) in [5, 5.41) is 2.09. The number of hydrogen-bond donors (Lipinski definition) is 2. The third kappa shape index (κ3) is 4.99. The van der Waals surface area contributed by atoms with E-state index in [9.17, 15) is 22.0 Å². The van der Waals surface area contributed by atoms with Crippen LogP contribution in [0.2, 0.25) is 0 Å². The first kappa shape index (κ1) is 20.7. The number of halogens is 2. The maximum absolute atomic E-state index is 13.1. The summed E-state index contributed by atoms with van der Waals surface area (Å²) in [5.74, 6) is -3.88. The molecule has 0 heterocycles. The molecule has 146 valence electrons. The summed E-state index contributed by atoms with van der Waals surface area (Å²) in [5.41, 5.74) is 5.02. The van der Waals surface area contributed by atoms with Crippen molar-refractivity contribution >= 4 is 15.9 Å². The second-order valence-corrected chi connectivity index (χ2v) is 8.58. The summed E-state index contributed by atoms with van der Waals surface area (Å²) in [6.45, 7) is -1.73. The van der Waals surface area contributed by atoms with Gasteiger partial charge >= 0.3 is 0 Å². The molecule has 0 bridgehead atoms. The highest BCUT2D eigenvalue weighted by molar-refractivity contribution is 7.89. The Morgan fingerprint density at radius 2 is 1.81 bits per heavy atom. The number of nitrogens with two attached hydrogens (primary N) is 1. The van der Waals surface area contributed by atoms with Gasteiger partial charge < -0.3 is 11.1 Å². The topological polar surface area (TPSA) is 92.5 Å². The van der Waals surface area contributed by atoms with Crippen molar-refractivity contribution in [3.05, 3.63) is 29.8 Å². The first-order chi connectivity index (χ1) is 12.2. The van der Waals surface area contributed by atoms with Gasteiger partial charge in [0.15, 0.2) is 0 Å². The number of nitrogens with zero attached hydrogens (tertiary/aromatic N) is 1. The minimum absolute atomic E-state index is 0.0183. The molecule has 1 amide bonds. The van der Waals surface area contributed by atoms with Gasteiger partial charge in [0, 0.05) is 18.7 Å². The quantitative estimate of drug-likeness (QED) is 0.746. The molecule has 1 aromatic rings. The van der Waals surface area contributed by atoms with E-state index in [1.807, 2.05) is 0 Å².